The number of urea groups is 1. The van der Waals surface area contributed by atoms with Crippen molar-refractivity contribution in [3.63, 3.8) is 0 Å². The fourth-order valence-electron chi connectivity index (χ4n) is 2.18. The number of hydrogen-bond acceptors (Lipinski definition) is 7. The molecule has 1 heterocycles. The predicted octanol–water partition coefficient (Wildman–Crippen LogP) is 2.68. The van der Waals surface area contributed by atoms with Crippen molar-refractivity contribution in [1.82, 2.24) is 0 Å². The summed E-state index contributed by atoms with van der Waals surface area (Å²) in [5.41, 5.74) is 0.420. The standard InChI is InChI=1S/C16H15N3O6S/c1-3-25-15(21)13-9(2)17-16(22)18-14(13)26-8-12(20)10-4-6-11(7-5-10)19(23)24/h4-7,13H,3,8H2,1-2H3. The number of amides is 2. The van der Waals surface area contributed by atoms with Crippen LogP contribution in [-0.4, -0.2) is 45.8 Å². The summed E-state index contributed by atoms with van der Waals surface area (Å²) in [4.78, 5) is 53.4. The summed E-state index contributed by atoms with van der Waals surface area (Å²) in [6.07, 6.45) is 0. The number of aliphatic imine (C=N–C) groups is 2. The van der Waals surface area contributed by atoms with Crippen LogP contribution in [-0.2, 0) is 9.53 Å². The lowest BCUT2D eigenvalue weighted by atomic mass is 10.1. The van der Waals surface area contributed by atoms with E-state index in [1.807, 2.05) is 0 Å². The molecule has 1 atom stereocenters. The van der Waals surface area contributed by atoms with Crippen molar-refractivity contribution in [1.29, 1.82) is 0 Å². The van der Waals surface area contributed by atoms with Crippen molar-refractivity contribution in [3.05, 3.63) is 39.9 Å². The summed E-state index contributed by atoms with van der Waals surface area (Å²) >= 11 is 0.945. The van der Waals surface area contributed by atoms with Crippen molar-refractivity contribution in [2.75, 3.05) is 12.4 Å². The number of ketones is 1. The second-order valence-electron chi connectivity index (χ2n) is 5.19. The average Bonchev–Trinajstić information content (AvgIpc) is 2.59. The highest BCUT2D eigenvalue weighted by molar-refractivity contribution is 8.14. The van der Waals surface area contributed by atoms with Gasteiger partial charge in [-0.25, -0.2) is 4.79 Å². The van der Waals surface area contributed by atoms with E-state index in [0.717, 1.165) is 11.8 Å². The molecule has 1 aliphatic rings. The maximum Gasteiger partial charge on any atom is 0.367 e. The number of rotatable bonds is 6. The first-order valence-corrected chi connectivity index (χ1v) is 8.56. The second kappa shape index (κ2) is 8.48. The summed E-state index contributed by atoms with van der Waals surface area (Å²) in [6, 6.07) is 4.43. The van der Waals surface area contributed by atoms with Gasteiger partial charge in [0.25, 0.3) is 5.69 Å². The lowest BCUT2D eigenvalue weighted by molar-refractivity contribution is -0.384. The molecule has 2 rings (SSSR count). The van der Waals surface area contributed by atoms with Crippen LogP contribution >= 0.6 is 11.8 Å². The number of thioether (sulfide) groups is 1. The quantitative estimate of drug-likeness (QED) is 0.322. The molecule has 9 nitrogen and oxygen atoms in total. The molecule has 10 heteroatoms. The van der Waals surface area contributed by atoms with Crippen LogP contribution in [0, 0.1) is 16.0 Å². The SMILES string of the molecule is CCOC(=O)C1C(C)=NC(=O)N=C1SCC(=O)c1ccc([N+](=O)[O-])cc1. The fraction of sp³-hybridized carbons (Fsp3) is 0.312. The van der Waals surface area contributed by atoms with E-state index in [2.05, 4.69) is 9.98 Å². The van der Waals surface area contributed by atoms with Gasteiger partial charge >= 0.3 is 12.0 Å². The molecule has 0 aliphatic carbocycles. The first-order chi connectivity index (χ1) is 12.3. The predicted molar refractivity (Wildman–Crippen MR) is 95.9 cm³/mol. The summed E-state index contributed by atoms with van der Waals surface area (Å²) in [5.74, 6) is -1.91. The minimum Gasteiger partial charge on any atom is -0.465 e. The molecule has 0 radical (unpaired) electrons. The summed E-state index contributed by atoms with van der Waals surface area (Å²) in [6.45, 7) is 3.34. The Morgan fingerprint density at radius 3 is 2.50 bits per heavy atom. The Labute approximate surface area is 152 Å². The topological polar surface area (TPSA) is 128 Å². The molecule has 2 amide bonds. The monoisotopic (exact) mass is 377 g/mol. The summed E-state index contributed by atoms with van der Waals surface area (Å²) in [7, 11) is 0. The first kappa shape index (κ1) is 19.4. The van der Waals surface area contributed by atoms with E-state index < -0.39 is 22.8 Å². The Kier molecular flexibility index (Phi) is 6.34. The third-order valence-corrected chi connectivity index (χ3v) is 4.45. The molecule has 1 aliphatic heterocycles. The van der Waals surface area contributed by atoms with E-state index in [-0.39, 0.29) is 40.1 Å². The number of nitro benzene ring substituents is 1. The molecule has 136 valence electrons. The molecule has 0 bridgehead atoms. The zero-order valence-electron chi connectivity index (χ0n) is 14.0. The lowest BCUT2D eigenvalue weighted by Gasteiger charge is -2.19. The third-order valence-electron chi connectivity index (χ3n) is 3.42. The molecular weight excluding hydrogens is 362 g/mol. The molecule has 0 saturated carbocycles. The smallest absolute Gasteiger partial charge is 0.367 e. The van der Waals surface area contributed by atoms with Crippen molar-refractivity contribution in [2.45, 2.75) is 13.8 Å². The largest absolute Gasteiger partial charge is 0.465 e. The number of carbonyl (C=O) groups excluding carboxylic acids is 3. The van der Waals surface area contributed by atoms with Crippen molar-refractivity contribution < 1.29 is 24.0 Å². The molecule has 0 fully saturated rings. The van der Waals surface area contributed by atoms with Crippen LogP contribution in [0.2, 0.25) is 0 Å². The van der Waals surface area contributed by atoms with E-state index >= 15 is 0 Å². The number of Topliss-reactive ketones (excluding diaryl/α,β-unsaturated/α-hetero) is 1. The number of nitro groups is 1. The Hall–Kier alpha value is -2.88. The van der Waals surface area contributed by atoms with Gasteiger partial charge in [-0.2, -0.15) is 9.98 Å². The molecule has 0 aromatic heterocycles. The summed E-state index contributed by atoms with van der Waals surface area (Å²) in [5, 5.41) is 10.8. The lowest BCUT2D eigenvalue weighted by Crippen LogP contribution is -2.34. The van der Waals surface area contributed by atoms with Gasteiger partial charge in [-0.05, 0) is 26.0 Å². The summed E-state index contributed by atoms with van der Waals surface area (Å²) < 4.78 is 4.97. The Balaban J connectivity index is 2.10. The molecule has 0 saturated heterocycles. The molecule has 0 N–H and O–H groups in total. The number of benzene rings is 1. The maximum absolute atomic E-state index is 12.3. The van der Waals surface area contributed by atoms with Gasteiger partial charge in [0.15, 0.2) is 5.78 Å². The normalized spacial score (nSPS) is 16.5. The van der Waals surface area contributed by atoms with Gasteiger partial charge in [0.05, 0.1) is 22.3 Å². The highest BCUT2D eigenvalue weighted by Gasteiger charge is 2.33. The van der Waals surface area contributed by atoms with Gasteiger partial charge in [0, 0.05) is 23.4 Å². The van der Waals surface area contributed by atoms with Crippen molar-refractivity contribution in [2.24, 2.45) is 15.9 Å². The highest BCUT2D eigenvalue weighted by Crippen LogP contribution is 2.23. The Morgan fingerprint density at radius 1 is 1.27 bits per heavy atom. The second-order valence-corrected chi connectivity index (χ2v) is 6.18. The minimum atomic E-state index is -0.915. The molecule has 1 aromatic rings. The maximum atomic E-state index is 12.3. The average molecular weight is 377 g/mol. The van der Waals surface area contributed by atoms with Crippen LogP contribution in [0.5, 0.6) is 0 Å². The van der Waals surface area contributed by atoms with Crippen molar-refractivity contribution >= 4 is 46.0 Å². The van der Waals surface area contributed by atoms with Crippen LogP contribution in [0.1, 0.15) is 24.2 Å². The number of ether oxygens (including phenoxy) is 1. The number of non-ortho nitro benzene ring substituents is 1. The Morgan fingerprint density at radius 2 is 1.92 bits per heavy atom. The van der Waals surface area contributed by atoms with E-state index in [1.54, 1.807) is 6.92 Å². The zero-order chi connectivity index (χ0) is 19.3. The van der Waals surface area contributed by atoms with Gasteiger partial charge < -0.3 is 4.74 Å². The van der Waals surface area contributed by atoms with E-state index in [0.29, 0.717) is 0 Å². The van der Waals surface area contributed by atoms with Gasteiger partial charge in [-0.1, -0.05) is 0 Å². The number of hydrogen-bond donors (Lipinski definition) is 0. The van der Waals surface area contributed by atoms with Crippen LogP contribution in [0.15, 0.2) is 34.3 Å². The molecule has 26 heavy (non-hydrogen) atoms. The molecular formula is C16H15N3O6S. The van der Waals surface area contributed by atoms with E-state index in [1.165, 1.54) is 31.2 Å². The van der Waals surface area contributed by atoms with Crippen LogP contribution in [0.25, 0.3) is 0 Å². The van der Waals surface area contributed by atoms with Crippen LogP contribution in [0.3, 0.4) is 0 Å². The molecule has 1 aromatic carbocycles. The number of nitrogens with zero attached hydrogens (tertiary/aromatic N) is 3. The molecule has 0 spiro atoms. The van der Waals surface area contributed by atoms with E-state index in [4.69, 9.17) is 4.74 Å². The van der Waals surface area contributed by atoms with Gasteiger partial charge in [0.1, 0.15) is 5.92 Å². The zero-order valence-corrected chi connectivity index (χ0v) is 14.8. The van der Waals surface area contributed by atoms with Crippen molar-refractivity contribution in [3.8, 4) is 0 Å². The van der Waals surface area contributed by atoms with Crippen LogP contribution < -0.4 is 0 Å². The molecule has 1 unspecified atom stereocenters. The van der Waals surface area contributed by atoms with E-state index in [9.17, 15) is 24.5 Å². The number of carbonyl (C=O) groups is 3. The highest BCUT2D eigenvalue weighted by atomic mass is 32.2. The van der Waals surface area contributed by atoms with Gasteiger partial charge in [0.2, 0.25) is 0 Å². The minimum absolute atomic E-state index is 0.0902. The Bertz CT molecular complexity index is 816. The van der Waals surface area contributed by atoms with Gasteiger partial charge in [-0.3, -0.25) is 19.7 Å². The number of esters is 1. The fourth-order valence-corrected chi connectivity index (χ4v) is 3.20. The first-order valence-electron chi connectivity index (χ1n) is 7.58. The third kappa shape index (κ3) is 4.60. The van der Waals surface area contributed by atoms with Crippen LogP contribution in [0.4, 0.5) is 10.5 Å². The van der Waals surface area contributed by atoms with Gasteiger partial charge in [-0.15, -0.1) is 11.8 Å².